The molecular formula is C13H17BrF3NO. The number of anilines is 1. The standard InChI is InChI=1S/C13H17BrF3NO/c1-3-4-9(2)8-18-10-5-6-12(11(14)7-10)19-13(15,16)17/h5-7,9,18H,3-4,8H2,1-2H3. The van der Waals surface area contributed by atoms with Gasteiger partial charge in [-0.25, -0.2) is 0 Å². The maximum Gasteiger partial charge on any atom is 0.573 e. The molecule has 1 rings (SSSR count). The first-order valence-corrected chi connectivity index (χ1v) is 6.90. The highest BCUT2D eigenvalue weighted by molar-refractivity contribution is 9.10. The normalized spacial score (nSPS) is 13.2. The van der Waals surface area contributed by atoms with Crippen LogP contribution >= 0.6 is 15.9 Å². The Labute approximate surface area is 119 Å². The summed E-state index contributed by atoms with van der Waals surface area (Å²) in [6.45, 7) is 5.04. The van der Waals surface area contributed by atoms with Crippen molar-refractivity contribution in [2.24, 2.45) is 5.92 Å². The molecule has 1 aromatic carbocycles. The van der Waals surface area contributed by atoms with Gasteiger partial charge in [0.15, 0.2) is 0 Å². The molecule has 0 aliphatic heterocycles. The molecule has 0 spiro atoms. The van der Waals surface area contributed by atoms with Crippen LogP contribution in [-0.4, -0.2) is 12.9 Å². The summed E-state index contributed by atoms with van der Waals surface area (Å²) >= 11 is 3.07. The number of halogens is 4. The minimum Gasteiger partial charge on any atom is -0.405 e. The van der Waals surface area contributed by atoms with Gasteiger partial charge in [0.2, 0.25) is 0 Å². The molecule has 0 saturated carbocycles. The largest absolute Gasteiger partial charge is 0.573 e. The van der Waals surface area contributed by atoms with Gasteiger partial charge in [-0.2, -0.15) is 0 Å². The highest BCUT2D eigenvalue weighted by Gasteiger charge is 2.31. The van der Waals surface area contributed by atoms with Crippen LogP contribution in [0.3, 0.4) is 0 Å². The Bertz CT molecular complexity index is 409. The Morgan fingerprint density at radius 2 is 2.05 bits per heavy atom. The number of alkyl halides is 3. The molecule has 0 saturated heterocycles. The smallest absolute Gasteiger partial charge is 0.405 e. The average Bonchev–Trinajstić information content (AvgIpc) is 2.28. The molecule has 0 radical (unpaired) electrons. The lowest BCUT2D eigenvalue weighted by molar-refractivity contribution is -0.274. The summed E-state index contributed by atoms with van der Waals surface area (Å²) in [6, 6.07) is 4.45. The first kappa shape index (κ1) is 16.1. The van der Waals surface area contributed by atoms with E-state index >= 15 is 0 Å². The van der Waals surface area contributed by atoms with Gasteiger partial charge in [-0.1, -0.05) is 20.3 Å². The topological polar surface area (TPSA) is 21.3 Å². The number of benzene rings is 1. The highest BCUT2D eigenvalue weighted by Crippen LogP contribution is 2.32. The minimum absolute atomic E-state index is 0.236. The molecule has 1 aromatic rings. The molecule has 0 fully saturated rings. The summed E-state index contributed by atoms with van der Waals surface area (Å²) in [7, 11) is 0. The summed E-state index contributed by atoms with van der Waals surface area (Å²) in [5.41, 5.74) is 0.768. The van der Waals surface area contributed by atoms with Crippen molar-refractivity contribution in [3.63, 3.8) is 0 Å². The molecule has 2 nitrogen and oxygen atoms in total. The van der Waals surface area contributed by atoms with Crippen molar-refractivity contribution < 1.29 is 17.9 Å². The fraction of sp³-hybridized carbons (Fsp3) is 0.538. The summed E-state index contributed by atoms with van der Waals surface area (Å²) in [5, 5.41) is 3.19. The van der Waals surface area contributed by atoms with Crippen molar-refractivity contribution in [1.82, 2.24) is 0 Å². The molecule has 6 heteroatoms. The SMILES string of the molecule is CCCC(C)CNc1ccc(OC(F)(F)F)c(Br)c1. The second-order valence-corrected chi connectivity index (χ2v) is 5.32. The van der Waals surface area contributed by atoms with E-state index in [1.54, 1.807) is 12.1 Å². The van der Waals surface area contributed by atoms with Crippen LogP contribution in [0.15, 0.2) is 22.7 Å². The van der Waals surface area contributed by atoms with Crippen LogP contribution in [0.4, 0.5) is 18.9 Å². The van der Waals surface area contributed by atoms with E-state index in [1.807, 2.05) is 0 Å². The van der Waals surface area contributed by atoms with Crippen molar-refractivity contribution in [3.05, 3.63) is 22.7 Å². The lowest BCUT2D eigenvalue weighted by atomic mass is 10.1. The summed E-state index contributed by atoms with van der Waals surface area (Å²) in [5.74, 6) is 0.287. The van der Waals surface area contributed by atoms with Gasteiger partial charge in [0.1, 0.15) is 5.75 Å². The zero-order valence-corrected chi connectivity index (χ0v) is 12.4. The van der Waals surface area contributed by atoms with Gasteiger partial charge in [0.05, 0.1) is 4.47 Å². The summed E-state index contributed by atoms with van der Waals surface area (Å²) in [6.07, 6.45) is -2.44. The second kappa shape index (κ2) is 7.03. The molecule has 0 aliphatic rings. The van der Waals surface area contributed by atoms with Crippen LogP contribution in [0.2, 0.25) is 0 Å². The molecule has 1 N–H and O–H groups in total. The van der Waals surface area contributed by atoms with Gasteiger partial charge in [0.25, 0.3) is 0 Å². The number of nitrogens with one attached hydrogen (secondary N) is 1. The predicted molar refractivity (Wildman–Crippen MR) is 73.4 cm³/mol. The van der Waals surface area contributed by atoms with E-state index in [2.05, 4.69) is 39.8 Å². The van der Waals surface area contributed by atoms with Gasteiger partial charge < -0.3 is 10.1 Å². The number of ether oxygens (including phenoxy) is 1. The Hall–Kier alpha value is -0.910. The van der Waals surface area contributed by atoms with E-state index in [0.29, 0.717) is 5.92 Å². The van der Waals surface area contributed by atoms with Gasteiger partial charge >= 0.3 is 6.36 Å². The van der Waals surface area contributed by atoms with E-state index in [4.69, 9.17) is 0 Å². The third-order valence-corrected chi connectivity index (χ3v) is 3.21. The average molecular weight is 340 g/mol. The van der Waals surface area contributed by atoms with Gasteiger partial charge in [-0.3, -0.25) is 0 Å². The van der Waals surface area contributed by atoms with E-state index in [-0.39, 0.29) is 10.2 Å². The number of hydrogen-bond donors (Lipinski definition) is 1. The van der Waals surface area contributed by atoms with E-state index in [1.165, 1.54) is 6.07 Å². The fourth-order valence-corrected chi connectivity index (χ4v) is 2.16. The fourth-order valence-electron chi connectivity index (χ4n) is 1.71. The molecule has 0 aromatic heterocycles. The van der Waals surface area contributed by atoms with E-state index < -0.39 is 6.36 Å². The van der Waals surface area contributed by atoms with Crippen molar-refractivity contribution in [3.8, 4) is 5.75 Å². The monoisotopic (exact) mass is 339 g/mol. The zero-order chi connectivity index (χ0) is 14.5. The van der Waals surface area contributed by atoms with Crippen LogP contribution in [0.1, 0.15) is 26.7 Å². The Kier molecular flexibility index (Phi) is 5.97. The van der Waals surface area contributed by atoms with Crippen LogP contribution in [0.25, 0.3) is 0 Å². The Balaban J connectivity index is 2.61. The maximum atomic E-state index is 12.1. The van der Waals surface area contributed by atoms with E-state index in [0.717, 1.165) is 25.1 Å². The molecule has 1 atom stereocenters. The zero-order valence-electron chi connectivity index (χ0n) is 10.9. The summed E-state index contributed by atoms with van der Waals surface area (Å²) < 4.78 is 40.5. The quantitative estimate of drug-likeness (QED) is 0.769. The van der Waals surface area contributed by atoms with Gasteiger partial charge in [0, 0.05) is 12.2 Å². The lowest BCUT2D eigenvalue weighted by Gasteiger charge is -2.14. The highest BCUT2D eigenvalue weighted by atomic mass is 79.9. The molecule has 19 heavy (non-hydrogen) atoms. The molecule has 0 bridgehead atoms. The van der Waals surface area contributed by atoms with E-state index in [9.17, 15) is 13.2 Å². The van der Waals surface area contributed by atoms with Crippen LogP contribution in [-0.2, 0) is 0 Å². The second-order valence-electron chi connectivity index (χ2n) is 4.47. The van der Waals surface area contributed by atoms with Gasteiger partial charge in [-0.05, 0) is 46.5 Å². The molecule has 108 valence electrons. The predicted octanol–water partition coefficient (Wildman–Crippen LogP) is 5.20. The molecule has 0 aliphatic carbocycles. The van der Waals surface area contributed by atoms with Crippen molar-refractivity contribution in [1.29, 1.82) is 0 Å². The van der Waals surface area contributed by atoms with Crippen LogP contribution in [0.5, 0.6) is 5.75 Å². The van der Waals surface area contributed by atoms with Crippen molar-refractivity contribution >= 4 is 21.6 Å². The Morgan fingerprint density at radius 1 is 1.37 bits per heavy atom. The first-order valence-electron chi connectivity index (χ1n) is 6.11. The van der Waals surface area contributed by atoms with Crippen molar-refractivity contribution in [2.45, 2.75) is 33.1 Å². The number of rotatable bonds is 6. The molecule has 1 unspecified atom stereocenters. The first-order chi connectivity index (χ1) is 8.81. The third kappa shape index (κ3) is 6.18. The molecular weight excluding hydrogens is 323 g/mol. The van der Waals surface area contributed by atoms with Crippen LogP contribution in [0, 0.1) is 5.92 Å². The van der Waals surface area contributed by atoms with Crippen molar-refractivity contribution in [2.75, 3.05) is 11.9 Å². The van der Waals surface area contributed by atoms with Gasteiger partial charge in [-0.15, -0.1) is 13.2 Å². The number of hydrogen-bond acceptors (Lipinski definition) is 2. The minimum atomic E-state index is -4.67. The lowest BCUT2D eigenvalue weighted by Crippen LogP contribution is -2.17. The van der Waals surface area contributed by atoms with Crippen LogP contribution < -0.4 is 10.1 Å². The third-order valence-electron chi connectivity index (χ3n) is 2.59. The Morgan fingerprint density at radius 3 is 2.58 bits per heavy atom. The summed E-state index contributed by atoms with van der Waals surface area (Å²) in [4.78, 5) is 0. The maximum absolute atomic E-state index is 12.1. The molecule has 0 heterocycles. The molecule has 0 amide bonds.